The highest BCUT2D eigenvalue weighted by atomic mass is 19.1. The summed E-state index contributed by atoms with van der Waals surface area (Å²) in [5, 5.41) is 5.64. The van der Waals surface area contributed by atoms with Gasteiger partial charge in [-0.3, -0.25) is 0 Å². The summed E-state index contributed by atoms with van der Waals surface area (Å²) in [6.45, 7) is 5.65. The number of aromatic nitrogens is 4. The number of methoxy groups -OCH3 is 1. The van der Waals surface area contributed by atoms with E-state index in [0.29, 0.717) is 12.4 Å². The van der Waals surface area contributed by atoms with Crippen molar-refractivity contribution in [1.29, 1.82) is 0 Å². The number of anilines is 1. The molecule has 37 heavy (non-hydrogen) atoms. The number of piperidine rings is 1. The number of hydrogen-bond acceptors (Lipinski definition) is 8. The Balaban J connectivity index is 1.27. The van der Waals surface area contributed by atoms with Crippen LogP contribution in [0.15, 0.2) is 24.4 Å². The molecular formula is C27H35FN6O3. The largest absolute Gasteiger partial charge is 0.467 e. The quantitative estimate of drug-likeness (QED) is 0.498. The molecule has 10 heteroatoms. The predicted octanol–water partition coefficient (Wildman–Crippen LogP) is 3.62. The fourth-order valence-electron chi connectivity index (χ4n) is 5.70. The fraction of sp³-hybridized carbons (Fsp3) is 0.593. The van der Waals surface area contributed by atoms with E-state index in [1.165, 1.54) is 0 Å². The Kier molecular flexibility index (Phi) is 6.73. The van der Waals surface area contributed by atoms with Gasteiger partial charge in [-0.1, -0.05) is 0 Å². The van der Waals surface area contributed by atoms with E-state index in [1.54, 1.807) is 11.8 Å². The third-order valence-electron chi connectivity index (χ3n) is 7.83. The highest BCUT2D eigenvalue weighted by Crippen LogP contribution is 2.35. The van der Waals surface area contributed by atoms with Gasteiger partial charge in [0, 0.05) is 43.6 Å². The number of halogens is 1. The van der Waals surface area contributed by atoms with Crippen LogP contribution in [0.4, 0.5) is 10.2 Å². The third kappa shape index (κ3) is 4.89. The van der Waals surface area contributed by atoms with E-state index in [9.17, 15) is 0 Å². The van der Waals surface area contributed by atoms with Crippen LogP contribution in [0.3, 0.4) is 0 Å². The number of alkyl halides is 1. The van der Waals surface area contributed by atoms with Gasteiger partial charge in [0.15, 0.2) is 12.1 Å². The number of ether oxygens (including phenoxy) is 3. The van der Waals surface area contributed by atoms with Crippen LogP contribution >= 0.6 is 0 Å². The summed E-state index contributed by atoms with van der Waals surface area (Å²) in [7, 11) is 3.54. The second-order valence-electron chi connectivity index (χ2n) is 10.5. The van der Waals surface area contributed by atoms with E-state index in [4.69, 9.17) is 14.2 Å². The molecule has 1 aromatic carbocycles. The minimum absolute atomic E-state index is 0.0991. The first-order valence-corrected chi connectivity index (χ1v) is 13.2. The van der Waals surface area contributed by atoms with Crippen molar-refractivity contribution in [1.82, 2.24) is 24.6 Å². The number of aryl methyl sites for hydroxylation is 1. The SMILES string of the molecule is COc1nc(N2CC(OC3CCCCO3)C2)cc(-n2ncc3cc(C)c([C@H]4CCN(C)C[C@H]4F)cc32)n1. The van der Waals surface area contributed by atoms with Crippen molar-refractivity contribution in [3.05, 3.63) is 35.5 Å². The van der Waals surface area contributed by atoms with E-state index in [0.717, 1.165) is 79.8 Å². The zero-order chi connectivity index (χ0) is 25.5. The van der Waals surface area contributed by atoms with E-state index in [1.807, 2.05) is 19.3 Å². The molecule has 6 rings (SSSR count). The molecule has 3 atom stereocenters. The molecule has 3 saturated heterocycles. The van der Waals surface area contributed by atoms with Crippen LogP contribution in [0.2, 0.25) is 0 Å². The first-order chi connectivity index (χ1) is 18.0. The predicted molar refractivity (Wildman–Crippen MR) is 138 cm³/mol. The van der Waals surface area contributed by atoms with E-state index >= 15 is 4.39 Å². The van der Waals surface area contributed by atoms with Crippen molar-refractivity contribution < 1.29 is 18.6 Å². The number of hydrogen-bond donors (Lipinski definition) is 0. The van der Waals surface area contributed by atoms with Gasteiger partial charge < -0.3 is 24.0 Å². The van der Waals surface area contributed by atoms with Crippen molar-refractivity contribution >= 4 is 16.7 Å². The number of likely N-dealkylation sites (tertiary alicyclic amines) is 1. The molecule has 9 nitrogen and oxygen atoms in total. The van der Waals surface area contributed by atoms with Crippen molar-refractivity contribution in [3.63, 3.8) is 0 Å². The molecule has 5 heterocycles. The number of benzene rings is 1. The molecular weight excluding hydrogens is 475 g/mol. The number of nitrogens with zero attached hydrogens (tertiary/aromatic N) is 6. The maximum Gasteiger partial charge on any atom is 0.320 e. The average Bonchev–Trinajstić information content (AvgIpc) is 3.28. The van der Waals surface area contributed by atoms with Crippen LogP contribution in [0.25, 0.3) is 16.7 Å². The molecule has 3 aliphatic rings. The summed E-state index contributed by atoms with van der Waals surface area (Å²) in [4.78, 5) is 13.4. The maximum absolute atomic E-state index is 15.1. The van der Waals surface area contributed by atoms with Gasteiger partial charge in [-0.05, 0) is 69.5 Å². The molecule has 3 fully saturated rings. The maximum atomic E-state index is 15.1. The van der Waals surface area contributed by atoms with E-state index in [-0.39, 0.29) is 24.3 Å². The van der Waals surface area contributed by atoms with Gasteiger partial charge in [-0.2, -0.15) is 15.1 Å². The van der Waals surface area contributed by atoms with Gasteiger partial charge in [0.1, 0.15) is 12.0 Å². The molecule has 3 aromatic rings. The van der Waals surface area contributed by atoms with Crippen molar-refractivity contribution in [2.45, 2.75) is 57.1 Å². The molecule has 0 spiro atoms. The Bertz CT molecular complexity index is 1260. The number of fused-ring (bicyclic) bond motifs is 1. The Morgan fingerprint density at radius 2 is 1.89 bits per heavy atom. The van der Waals surface area contributed by atoms with Crippen LogP contribution in [0.5, 0.6) is 6.01 Å². The standard InChI is InChI=1S/C27H35FN6O3/c1-17-10-18-13-29-34(23(18)11-21(17)20-7-8-32(2)16-22(20)28)25-12-24(30-27(31-25)35-3)33-14-19(15-33)37-26-6-4-5-9-36-26/h10-13,19-20,22,26H,4-9,14-16H2,1-3H3/t20-,22-,26?/m1/s1. The lowest BCUT2D eigenvalue weighted by Crippen LogP contribution is -2.54. The smallest absolute Gasteiger partial charge is 0.320 e. The van der Waals surface area contributed by atoms with Gasteiger partial charge in [0.05, 0.1) is 24.9 Å². The van der Waals surface area contributed by atoms with Crippen molar-refractivity contribution in [2.24, 2.45) is 0 Å². The second kappa shape index (κ2) is 10.2. The van der Waals surface area contributed by atoms with Crippen LogP contribution < -0.4 is 9.64 Å². The lowest BCUT2D eigenvalue weighted by Gasteiger charge is -2.41. The van der Waals surface area contributed by atoms with E-state index in [2.05, 4.69) is 43.9 Å². The van der Waals surface area contributed by atoms with E-state index < -0.39 is 6.17 Å². The summed E-state index contributed by atoms with van der Waals surface area (Å²) < 4.78 is 34.1. The highest BCUT2D eigenvalue weighted by molar-refractivity contribution is 5.82. The fourth-order valence-corrected chi connectivity index (χ4v) is 5.70. The Morgan fingerprint density at radius 3 is 2.65 bits per heavy atom. The summed E-state index contributed by atoms with van der Waals surface area (Å²) in [5.41, 5.74) is 3.04. The summed E-state index contributed by atoms with van der Waals surface area (Å²) in [6.07, 6.45) is 4.97. The monoisotopic (exact) mass is 510 g/mol. The first-order valence-electron chi connectivity index (χ1n) is 13.2. The van der Waals surface area contributed by atoms with Gasteiger partial charge in [0.25, 0.3) is 0 Å². The van der Waals surface area contributed by atoms with Crippen LogP contribution in [0, 0.1) is 6.92 Å². The topological polar surface area (TPSA) is 77.8 Å². The lowest BCUT2D eigenvalue weighted by molar-refractivity contribution is -0.191. The van der Waals surface area contributed by atoms with Gasteiger partial charge in [-0.25, -0.2) is 9.07 Å². The molecule has 0 aliphatic carbocycles. The van der Waals surface area contributed by atoms with Gasteiger partial charge >= 0.3 is 6.01 Å². The zero-order valence-corrected chi connectivity index (χ0v) is 21.8. The van der Waals surface area contributed by atoms with Crippen LogP contribution in [0.1, 0.15) is 42.7 Å². The summed E-state index contributed by atoms with van der Waals surface area (Å²) in [6, 6.07) is 6.40. The summed E-state index contributed by atoms with van der Waals surface area (Å²) in [5.74, 6) is 1.26. The van der Waals surface area contributed by atoms with Gasteiger partial charge in [0.2, 0.25) is 0 Å². The molecule has 2 aromatic heterocycles. The third-order valence-corrected chi connectivity index (χ3v) is 7.83. The van der Waals surface area contributed by atoms with Crippen LogP contribution in [-0.2, 0) is 9.47 Å². The molecule has 0 bridgehead atoms. The van der Waals surface area contributed by atoms with Crippen LogP contribution in [-0.4, -0.2) is 90.2 Å². The first kappa shape index (κ1) is 24.5. The highest BCUT2D eigenvalue weighted by Gasteiger charge is 2.33. The minimum atomic E-state index is -0.891. The Labute approximate surface area is 216 Å². The minimum Gasteiger partial charge on any atom is -0.467 e. The average molecular weight is 511 g/mol. The normalized spacial score (nSPS) is 25.4. The zero-order valence-electron chi connectivity index (χ0n) is 21.8. The van der Waals surface area contributed by atoms with Crippen molar-refractivity contribution in [2.75, 3.05) is 51.8 Å². The number of rotatable bonds is 6. The molecule has 0 radical (unpaired) electrons. The second-order valence-corrected chi connectivity index (χ2v) is 10.5. The molecule has 198 valence electrons. The van der Waals surface area contributed by atoms with Crippen molar-refractivity contribution in [3.8, 4) is 11.8 Å². The Morgan fingerprint density at radius 1 is 1.05 bits per heavy atom. The molecule has 1 unspecified atom stereocenters. The van der Waals surface area contributed by atoms with Gasteiger partial charge in [-0.15, -0.1) is 0 Å². The molecule has 3 aliphatic heterocycles. The molecule has 0 saturated carbocycles. The molecule has 0 amide bonds. The summed E-state index contributed by atoms with van der Waals surface area (Å²) >= 11 is 0. The Hall–Kier alpha value is -2.82. The molecule has 0 N–H and O–H groups in total. The lowest BCUT2D eigenvalue weighted by atomic mass is 9.85.